The number of hydrogen-bond acceptors (Lipinski definition) is 3. The van der Waals surface area contributed by atoms with Gasteiger partial charge in [0.25, 0.3) is 5.91 Å². The molecular weight excluding hydrogens is 316 g/mol. The zero-order valence-electron chi connectivity index (χ0n) is 14.4. The molecule has 2 aromatic carbocycles. The minimum absolute atomic E-state index is 0.0267. The second kappa shape index (κ2) is 9.59. The number of hydrogen-bond donors (Lipinski definition) is 3. The number of benzene rings is 2. The van der Waals surface area contributed by atoms with E-state index in [0.29, 0.717) is 12.0 Å². The molecule has 3 N–H and O–H groups in total. The van der Waals surface area contributed by atoms with Crippen LogP contribution < -0.4 is 10.6 Å². The van der Waals surface area contributed by atoms with Gasteiger partial charge in [-0.25, -0.2) is 0 Å². The molecule has 5 nitrogen and oxygen atoms in total. The Hall–Kier alpha value is -2.66. The van der Waals surface area contributed by atoms with Crippen LogP contribution in [0.2, 0.25) is 0 Å². The Labute approximate surface area is 148 Å². The van der Waals surface area contributed by atoms with Crippen molar-refractivity contribution in [3.05, 3.63) is 60.2 Å². The number of carbonyl (C=O) groups is 2. The number of aliphatic hydroxyl groups excluding tert-OH is 1. The van der Waals surface area contributed by atoms with Gasteiger partial charge in [-0.1, -0.05) is 49.4 Å². The first-order chi connectivity index (χ1) is 12.1. The van der Waals surface area contributed by atoms with Crippen LogP contribution in [-0.4, -0.2) is 36.1 Å². The maximum absolute atomic E-state index is 12.1. The van der Waals surface area contributed by atoms with E-state index in [2.05, 4.69) is 10.6 Å². The van der Waals surface area contributed by atoms with E-state index in [-0.39, 0.29) is 31.0 Å². The monoisotopic (exact) mass is 340 g/mol. The number of amides is 2. The Morgan fingerprint density at radius 3 is 2.24 bits per heavy atom. The van der Waals surface area contributed by atoms with E-state index in [4.69, 9.17) is 5.11 Å². The highest BCUT2D eigenvalue weighted by atomic mass is 16.3. The lowest BCUT2D eigenvalue weighted by molar-refractivity contribution is -0.120. The number of rotatable bonds is 8. The summed E-state index contributed by atoms with van der Waals surface area (Å²) in [4.78, 5) is 24.0. The molecule has 2 rings (SSSR count). The third kappa shape index (κ3) is 5.72. The van der Waals surface area contributed by atoms with E-state index in [9.17, 15) is 9.59 Å². The summed E-state index contributed by atoms with van der Waals surface area (Å²) in [5.41, 5.74) is 2.63. The molecule has 0 saturated carbocycles. The number of nitrogens with one attached hydrogen (secondary N) is 2. The second-order valence-corrected chi connectivity index (χ2v) is 5.81. The SMILES string of the molecule is CCC(CCO)NC(=O)CNC(=O)c1ccc(-c2ccccc2)cc1. The summed E-state index contributed by atoms with van der Waals surface area (Å²) in [6.07, 6.45) is 1.25. The molecule has 0 radical (unpaired) electrons. The predicted molar refractivity (Wildman–Crippen MR) is 98.1 cm³/mol. The van der Waals surface area contributed by atoms with Crippen LogP contribution in [0.15, 0.2) is 54.6 Å². The second-order valence-electron chi connectivity index (χ2n) is 5.81. The van der Waals surface area contributed by atoms with Crippen molar-refractivity contribution in [1.29, 1.82) is 0 Å². The van der Waals surface area contributed by atoms with Crippen LogP contribution in [0.25, 0.3) is 11.1 Å². The largest absolute Gasteiger partial charge is 0.396 e. The smallest absolute Gasteiger partial charge is 0.251 e. The first kappa shape index (κ1) is 18.7. The minimum atomic E-state index is -0.287. The third-order valence-corrected chi connectivity index (χ3v) is 4.00. The van der Waals surface area contributed by atoms with Crippen molar-refractivity contribution in [2.24, 2.45) is 0 Å². The minimum Gasteiger partial charge on any atom is -0.396 e. The van der Waals surface area contributed by atoms with Gasteiger partial charge in [-0.2, -0.15) is 0 Å². The average molecular weight is 340 g/mol. The van der Waals surface area contributed by atoms with E-state index in [0.717, 1.165) is 17.5 Å². The molecule has 25 heavy (non-hydrogen) atoms. The summed E-state index contributed by atoms with van der Waals surface area (Å²) in [5, 5.41) is 14.3. The lowest BCUT2D eigenvalue weighted by atomic mass is 10.0. The maximum Gasteiger partial charge on any atom is 0.251 e. The van der Waals surface area contributed by atoms with Gasteiger partial charge in [0, 0.05) is 18.2 Å². The number of aliphatic hydroxyl groups is 1. The molecular formula is C20H24N2O3. The Morgan fingerprint density at radius 2 is 1.64 bits per heavy atom. The summed E-state index contributed by atoms with van der Waals surface area (Å²) in [5.74, 6) is -0.542. The van der Waals surface area contributed by atoms with Crippen molar-refractivity contribution in [1.82, 2.24) is 10.6 Å². The fourth-order valence-corrected chi connectivity index (χ4v) is 2.52. The third-order valence-electron chi connectivity index (χ3n) is 4.00. The van der Waals surface area contributed by atoms with Gasteiger partial charge in [-0.05, 0) is 36.1 Å². The van der Waals surface area contributed by atoms with Crippen molar-refractivity contribution in [2.75, 3.05) is 13.2 Å². The van der Waals surface area contributed by atoms with Crippen LogP contribution in [0, 0.1) is 0 Å². The van der Waals surface area contributed by atoms with Crippen LogP contribution >= 0.6 is 0 Å². The van der Waals surface area contributed by atoms with E-state index >= 15 is 0 Å². The van der Waals surface area contributed by atoms with E-state index in [1.807, 2.05) is 49.4 Å². The van der Waals surface area contributed by atoms with Crippen molar-refractivity contribution in [2.45, 2.75) is 25.8 Å². The van der Waals surface area contributed by atoms with Crippen LogP contribution in [-0.2, 0) is 4.79 Å². The summed E-state index contributed by atoms with van der Waals surface area (Å²) in [6, 6.07) is 17.1. The van der Waals surface area contributed by atoms with Crippen molar-refractivity contribution in [3.63, 3.8) is 0 Å². The molecule has 0 bridgehead atoms. The van der Waals surface area contributed by atoms with E-state index in [1.54, 1.807) is 12.1 Å². The van der Waals surface area contributed by atoms with Crippen LogP contribution in [0.5, 0.6) is 0 Å². The number of carbonyl (C=O) groups excluding carboxylic acids is 2. The normalized spacial score (nSPS) is 11.6. The summed E-state index contributed by atoms with van der Waals surface area (Å²) < 4.78 is 0. The molecule has 0 aromatic heterocycles. The summed E-state index contributed by atoms with van der Waals surface area (Å²) in [7, 11) is 0. The van der Waals surface area contributed by atoms with Crippen LogP contribution in [0.4, 0.5) is 0 Å². The van der Waals surface area contributed by atoms with Crippen molar-refractivity contribution < 1.29 is 14.7 Å². The van der Waals surface area contributed by atoms with Gasteiger partial charge >= 0.3 is 0 Å². The first-order valence-corrected chi connectivity index (χ1v) is 8.48. The fraction of sp³-hybridized carbons (Fsp3) is 0.300. The molecule has 5 heteroatoms. The first-order valence-electron chi connectivity index (χ1n) is 8.48. The van der Waals surface area contributed by atoms with Gasteiger partial charge in [0.15, 0.2) is 0 Å². The Balaban J connectivity index is 1.87. The topological polar surface area (TPSA) is 78.4 Å². The lowest BCUT2D eigenvalue weighted by Crippen LogP contribution is -2.42. The molecule has 0 aliphatic rings. The van der Waals surface area contributed by atoms with Gasteiger partial charge in [0.1, 0.15) is 0 Å². The van der Waals surface area contributed by atoms with Crippen LogP contribution in [0.1, 0.15) is 30.1 Å². The highest BCUT2D eigenvalue weighted by Crippen LogP contribution is 2.19. The molecule has 0 spiro atoms. The zero-order chi connectivity index (χ0) is 18.1. The molecule has 0 aliphatic carbocycles. The van der Waals surface area contributed by atoms with Gasteiger partial charge < -0.3 is 15.7 Å². The predicted octanol–water partition coefficient (Wildman–Crippen LogP) is 2.36. The van der Waals surface area contributed by atoms with Crippen molar-refractivity contribution >= 4 is 11.8 Å². The molecule has 0 saturated heterocycles. The molecule has 0 heterocycles. The lowest BCUT2D eigenvalue weighted by Gasteiger charge is -2.15. The molecule has 132 valence electrons. The Bertz CT molecular complexity index is 684. The van der Waals surface area contributed by atoms with Crippen LogP contribution in [0.3, 0.4) is 0 Å². The fourth-order valence-electron chi connectivity index (χ4n) is 2.52. The molecule has 1 unspecified atom stereocenters. The molecule has 0 aliphatic heterocycles. The standard InChI is InChI=1S/C20H24N2O3/c1-2-18(12-13-23)22-19(24)14-21-20(25)17-10-8-16(9-11-17)15-6-4-3-5-7-15/h3-11,18,23H,2,12-14H2,1H3,(H,21,25)(H,22,24). The van der Waals surface area contributed by atoms with Gasteiger partial charge in [-0.3, -0.25) is 9.59 Å². The maximum atomic E-state index is 12.1. The molecule has 1 atom stereocenters. The van der Waals surface area contributed by atoms with Crippen molar-refractivity contribution in [3.8, 4) is 11.1 Å². The van der Waals surface area contributed by atoms with Gasteiger partial charge in [-0.15, -0.1) is 0 Å². The highest BCUT2D eigenvalue weighted by molar-refractivity contribution is 5.96. The van der Waals surface area contributed by atoms with E-state index in [1.165, 1.54) is 0 Å². The highest BCUT2D eigenvalue weighted by Gasteiger charge is 2.12. The quantitative estimate of drug-likeness (QED) is 0.690. The Kier molecular flexibility index (Phi) is 7.16. The average Bonchev–Trinajstić information content (AvgIpc) is 2.66. The molecule has 0 fully saturated rings. The van der Waals surface area contributed by atoms with Gasteiger partial charge in [0.05, 0.1) is 6.54 Å². The van der Waals surface area contributed by atoms with E-state index < -0.39 is 0 Å². The summed E-state index contributed by atoms with van der Waals surface area (Å²) >= 11 is 0. The summed E-state index contributed by atoms with van der Waals surface area (Å²) in [6.45, 7) is 1.88. The van der Waals surface area contributed by atoms with Gasteiger partial charge in [0.2, 0.25) is 5.91 Å². The Morgan fingerprint density at radius 1 is 1.00 bits per heavy atom. The molecule has 2 amide bonds. The zero-order valence-corrected chi connectivity index (χ0v) is 14.4. The molecule has 2 aromatic rings.